The first-order valence-electron chi connectivity index (χ1n) is 9.88. The summed E-state index contributed by atoms with van der Waals surface area (Å²) in [5.74, 6) is 6.87. The molecule has 2 spiro atoms. The van der Waals surface area contributed by atoms with Crippen molar-refractivity contribution in [2.75, 3.05) is 7.11 Å². The average molecular weight is 364 g/mol. The van der Waals surface area contributed by atoms with Crippen LogP contribution in [0.4, 0.5) is 4.79 Å². The summed E-state index contributed by atoms with van der Waals surface area (Å²) in [6, 6.07) is 5.79. The first kappa shape index (κ1) is 16.8. The number of benzene rings is 1. The predicted molar refractivity (Wildman–Crippen MR) is 99.8 cm³/mol. The van der Waals surface area contributed by atoms with Crippen LogP contribution in [0.1, 0.15) is 55.2 Å². The van der Waals surface area contributed by atoms with Crippen LogP contribution in [0.25, 0.3) is 0 Å². The Bertz CT molecular complexity index is 885. The Hall–Kier alpha value is -2.32. The van der Waals surface area contributed by atoms with Crippen molar-refractivity contribution in [1.82, 2.24) is 10.6 Å². The fraction of sp³-hybridized carbons (Fsp3) is 0.545. The summed E-state index contributed by atoms with van der Waals surface area (Å²) < 4.78 is 5.54. The number of imide groups is 1. The van der Waals surface area contributed by atoms with Gasteiger partial charge in [-0.2, -0.15) is 0 Å². The molecule has 1 aromatic carbocycles. The van der Waals surface area contributed by atoms with E-state index in [1.165, 1.54) is 12.8 Å². The van der Waals surface area contributed by atoms with E-state index in [4.69, 9.17) is 4.74 Å². The number of methoxy groups -OCH3 is 1. The molecule has 3 fully saturated rings. The highest BCUT2D eigenvalue weighted by Gasteiger charge is 2.66. The lowest BCUT2D eigenvalue weighted by atomic mass is 9.61. The van der Waals surface area contributed by atoms with Crippen LogP contribution in [0.2, 0.25) is 0 Å². The molecule has 2 saturated carbocycles. The number of hydrogen-bond donors (Lipinski definition) is 2. The van der Waals surface area contributed by atoms with Gasteiger partial charge in [0.15, 0.2) is 5.54 Å². The molecule has 1 saturated heterocycles. The molecule has 27 heavy (non-hydrogen) atoms. The normalized spacial score (nSPS) is 34.2. The quantitative estimate of drug-likeness (QED) is 0.595. The molecular weight excluding hydrogens is 340 g/mol. The molecule has 0 radical (unpaired) electrons. The fourth-order valence-corrected chi connectivity index (χ4v) is 5.30. The Morgan fingerprint density at radius 1 is 1.15 bits per heavy atom. The summed E-state index contributed by atoms with van der Waals surface area (Å²) in [6.07, 6.45) is 6.94. The number of ether oxygens (including phenoxy) is 1. The number of carbonyl (C=O) groups is 2. The van der Waals surface area contributed by atoms with Crippen molar-refractivity contribution in [3.05, 3.63) is 34.9 Å². The van der Waals surface area contributed by atoms with Gasteiger partial charge in [-0.25, -0.2) is 4.79 Å². The van der Waals surface area contributed by atoms with Crippen molar-refractivity contribution in [1.29, 1.82) is 0 Å². The van der Waals surface area contributed by atoms with Crippen LogP contribution in [-0.4, -0.2) is 25.2 Å². The van der Waals surface area contributed by atoms with Crippen LogP contribution in [0, 0.1) is 23.2 Å². The zero-order valence-electron chi connectivity index (χ0n) is 15.6. The lowest BCUT2D eigenvalue weighted by Crippen LogP contribution is -2.56. The Labute approximate surface area is 159 Å². The van der Waals surface area contributed by atoms with Crippen LogP contribution in [0.3, 0.4) is 0 Å². The highest BCUT2D eigenvalue weighted by Crippen LogP contribution is 2.59. The maximum absolute atomic E-state index is 13.1. The van der Waals surface area contributed by atoms with Gasteiger partial charge < -0.3 is 10.1 Å². The average Bonchev–Trinajstić information content (AvgIpc) is 3.40. The monoisotopic (exact) mass is 364 g/mol. The third kappa shape index (κ3) is 2.43. The molecule has 1 aliphatic heterocycles. The van der Waals surface area contributed by atoms with E-state index in [9.17, 15) is 9.59 Å². The fourth-order valence-electron chi connectivity index (χ4n) is 5.30. The summed E-state index contributed by atoms with van der Waals surface area (Å²) in [5, 5.41) is 5.56. The molecule has 3 aliphatic carbocycles. The SMILES string of the molecule is COC1CCC2(CC1)Cc1ccc(C#CC3CC3)cc1C21NC(=O)NC1=O. The molecule has 4 aliphatic rings. The van der Waals surface area contributed by atoms with Gasteiger partial charge in [0.1, 0.15) is 0 Å². The molecule has 1 heterocycles. The second kappa shape index (κ2) is 5.84. The number of carbonyl (C=O) groups excluding carboxylic acids is 2. The van der Waals surface area contributed by atoms with Crippen LogP contribution in [-0.2, 0) is 21.5 Å². The van der Waals surface area contributed by atoms with E-state index in [1.54, 1.807) is 7.11 Å². The lowest BCUT2D eigenvalue weighted by molar-refractivity contribution is -0.131. The molecular formula is C22H24N2O3. The Balaban J connectivity index is 1.59. The van der Waals surface area contributed by atoms with Gasteiger partial charge in [-0.15, -0.1) is 0 Å². The summed E-state index contributed by atoms with van der Waals surface area (Å²) in [5.41, 5.74) is 1.75. The van der Waals surface area contributed by atoms with Crippen molar-refractivity contribution in [2.45, 2.75) is 56.6 Å². The number of rotatable bonds is 1. The van der Waals surface area contributed by atoms with E-state index in [0.29, 0.717) is 5.92 Å². The molecule has 1 atom stereocenters. The predicted octanol–water partition coefficient (Wildman–Crippen LogP) is 2.61. The van der Waals surface area contributed by atoms with Gasteiger partial charge in [0.05, 0.1) is 6.10 Å². The smallest absolute Gasteiger partial charge is 0.322 e. The molecule has 1 aromatic rings. The van der Waals surface area contributed by atoms with Gasteiger partial charge in [0, 0.05) is 24.0 Å². The van der Waals surface area contributed by atoms with Crippen LogP contribution in [0.15, 0.2) is 18.2 Å². The van der Waals surface area contributed by atoms with Crippen LogP contribution in [0.5, 0.6) is 0 Å². The lowest BCUT2D eigenvalue weighted by Gasteiger charge is -2.46. The van der Waals surface area contributed by atoms with Crippen molar-refractivity contribution < 1.29 is 14.3 Å². The number of fused-ring (bicyclic) bond motifs is 3. The first-order chi connectivity index (χ1) is 13.1. The first-order valence-corrected chi connectivity index (χ1v) is 9.88. The molecule has 0 aromatic heterocycles. The third-order valence-corrected chi connectivity index (χ3v) is 6.93. The van der Waals surface area contributed by atoms with E-state index in [0.717, 1.165) is 48.8 Å². The summed E-state index contributed by atoms with van der Waals surface area (Å²) in [4.78, 5) is 25.3. The van der Waals surface area contributed by atoms with Gasteiger partial charge in [-0.1, -0.05) is 17.9 Å². The van der Waals surface area contributed by atoms with Gasteiger partial charge in [-0.3, -0.25) is 10.1 Å². The minimum atomic E-state index is -0.977. The summed E-state index contributed by atoms with van der Waals surface area (Å²) in [7, 11) is 1.75. The Morgan fingerprint density at radius 2 is 1.93 bits per heavy atom. The van der Waals surface area contributed by atoms with E-state index < -0.39 is 11.6 Å². The van der Waals surface area contributed by atoms with Crippen molar-refractivity contribution in [3.8, 4) is 11.8 Å². The largest absolute Gasteiger partial charge is 0.381 e. The number of hydrogen-bond acceptors (Lipinski definition) is 3. The number of nitrogens with one attached hydrogen (secondary N) is 2. The Kier molecular flexibility index (Phi) is 3.64. The van der Waals surface area contributed by atoms with E-state index in [1.807, 2.05) is 6.07 Å². The second-order valence-corrected chi connectivity index (χ2v) is 8.47. The molecule has 5 heteroatoms. The Morgan fingerprint density at radius 3 is 2.56 bits per heavy atom. The van der Waals surface area contributed by atoms with Crippen molar-refractivity contribution in [2.24, 2.45) is 11.3 Å². The second-order valence-electron chi connectivity index (χ2n) is 8.47. The highest BCUT2D eigenvalue weighted by molar-refractivity contribution is 6.08. The minimum absolute atomic E-state index is 0.214. The van der Waals surface area contributed by atoms with Crippen LogP contribution >= 0.6 is 0 Å². The minimum Gasteiger partial charge on any atom is -0.381 e. The maximum Gasteiger partial charge on any atom is 0.322 e. The molecule has 0 bridgehead atoms. The molecule has 140 valence electrons. The molecule has 3 amide bonds. The van der Waals surface area contributed by atoms with Gasteiger partial charge in [-0.05, 0) is 68.2 Å². The van der Waals surface area contributed by atoms with E-state index >= 15 is 0 Å². The third-order valence-electron chi connectivity index (χ3n) is 6.93. The van der Waals surface area contributed by atoms with E-state index in [2.05, 4.69) is 34.6 Å². The van der Waals surface area contributed by atoms with Crippen LogP contribution < -0.4 is 10.6 Å². The molecule has 5 rings (SSSR count). The van der Waals surface area contributed by atoms with Gasteiger partial charge in [0.25, 0.3) is 5.91 Å². The maximum atomic E-state index is 13.1. The zero-order valence-corrected chi connectivity index (χ0v) is 15.6. The van der Waals surface area contributed by atoms with Gasteiger partial charge >= 0.3 is 6.03 Å². The number of urea groups is 1. The van der Waals surface area contributed by atoms with Gasteiger partial charge in [0.2, 0.25) is 0 Å². The number of amides is 3. The van der Waals surface area contributed by atoms with Crippen molar-refractivity contribution in [3.63, 3.8) is 0 Å². The summed E-state index contributed by atoms with van der Waals surface area (Å²) in [6.45, 7) is 0. The molecule has 5 nitrogen and oxygen atoms in total. The molecule has 2 N–H and O–H groups in total. The summed E-state index contributed by atoms with van der Waals surface area (Å²) >= 11 is 0. The molecule has 1 unspecified atom stereocenters. The standard InChI is InChI=1S/C22H24N2O3/c1-27-17-8-10-21(11-9-17)13-16-7-6-15(5-4-14-2-3-14)12-18(16)22(21)19(25)23-20(26)24-22/h6-7,12,14,17H,2-3,8-11,13H2,1H3,(H2,23,24,25,26). The van der Waals surface area contributed by atoms with Crippen molar-refractivity contribution >= 4 is 11.9 Å². The highest BCUT2D eigenvalue weighted by atomic mass is 16.5. The van der Waals surface area contributed by atoms with E-state index in [-0.39, 0.29) is 17.4 Å². The topological polar surface area (TPSA) is 67.4 Å². The zero-order chi connectivity index (χ0) is 18.6.